The van der Waals surface area contributed by atoms with Gasteiger partial charge in [-0.15, -0.1) is 0 Å². The summed E-state index contributed by atoms with van der Waals surface area (Å²) in [7, 11) is 1.92. The van der Waals surface area contributed by atoms with Gasteiger partial charge in [0, 0.05) is 30.9 Å². The van der Waals surface area contributed by atoms with E-state index >= 15 is 0 Å². The Hall–Kier alpha value is -2.38. The van der Waals surface area contributed by atoms with Crippen molar-refractivity contribution >= 4 is 5.69 Å². The second kappa shape index (κ2) is 13.0. The summed E-state index contributed by atoms with van der Waals surface area (Å²) in [5.41, 5.74) is 4.25. The molecule has 0 aromatic heterocycles. The number of hydrogen-bond donors (Lipinski definition) is 1. The first kappa shape index (κ1) is 24.7. The Kier molecular flexibility index (Phi) is 11.0. The van der Waals surface area contributed by atoms with Crippen molar-refractivity contribution in [1.29, 1.82) is 5.26 Å². The topological polar surface area (TPSA) is 39.1 Å². The molecule has 1 fully saturated rings. The van der Waals surface area contributed by atoms with Gasteiger partial charge in [0.25, 0.3) is 0 Å². The maximum absolute atomic E-state index is 14.2. The lowest BCUT2D eigenvalue weighted by Gasteiger charge is -2.34. The summed E-state index contributed by atoms with van der Waals surface area (Å²) in [5, 5.41) is 12.1. The Morgan fingerprint density at radius 2 is 1.72 bits per heavy atom. The van der Waals surface area contributed by atoms with Crippen LogP contribution in [-0.2, 0) is 6.54 Å². The summed E-state index contributed by atoms with van der Waals surface area (Å²) in [6.07, 6.45) is 2.36. The van der Waals surface area contributed by atoms with Crippen molar-refractivity contribution in [3.8, 4) is 17.2 Å². The maximum atomic E-state index is 14.2. The molecular weight excluding hydrogens is 361 g/mol. The molecular formula is C25H36FN3. The monoisotopic (exact) mass is 397 g/mol. The van der Waals surface area contributed by atoms with Crippen molar-refractivity contribution in [3.63, 3.8) is 0 Å². The fraction of sp³-hybridized carbons (Fsp3) is 0.480. The Labute approximate surface area is 176 Å². The molecule has 1 heterocycles. The highest BCUT2D eigenvalue weighted by molar-refractivity contribution is 5.79. The minimum Gasteiger partial charge on any atom is -0.371 e. The number of halogens is 1. The van der Waals surface area contributed by atoms with Crippen LogP contribution >= 0.6 is 0 Å². The minimum absolute atomic E-state index is 0.0866. The van der Waals surface area contributed by atoms with Gasteiger partial charge in [0.1, 0.15) is 11.9 Å². The highest BCUT2D eigenvalue weighted by Gasteiger charge is 2.19. The number of nitrogens with zero attached hydrogens (tertiary/aromatic N) is 2. The van der Waals surface area contributed by atoms with Crippen LogP contribution < -0.4 is 10.2 Å². The van der Waals surface area contributed by atoms with Crippen molar-refractivity contribution in [2.24, 2.45) is 5.92 Å². The molecule has 2 aromatic rings. The maximum Gasteiger partial charge on any atom is 0.141 e. The normalized spacial score (nSPS) is 13.5. The van der Waals surface area contributed by atoms with E-state index in [0.29, 0.717) is 0 Å². The summed E-state index contributed by atoms with van der Waals surface area (Å²) in [6.45, 7) is 13.1. The first-order valence-corrected chi connectivity index (χ1v) is 10.8. The Balaban J connectivity index is 0.000000989. The fourth-order valence-electron chi connectivity index (χ4n) is 3.43. The summed E-state index contributed by atoms with van der Waals surface area (Å²) < 4.78 is 14.2. The Bertz CT molecular complexity index is 787. The van der Waals surface area contributed by atoms with E-state index in [1.165, 1.54) is 18.9 Å². The van der Waals surface area contributed by atoms with Crippen LogP contribution in [0, 0.1) is 23.1 Å². The molecule has 2 aromatic carbocycles. The third kappa shape index (κ3) is 6.58. The standard InChI is InChI=1S/C21H24FN3.2C2H6/c1-15-7-9-25(10-8-15)21-6-3-16(14-24-2)11-19(21)17-4-5-18(13-23)20(22)12-17;2*1-2/h3-6,11-12,15,24H,7-10,14H2,1-2H3;2*1-2H3. The van der Waals surface area contributed by atoms with Crippen LogP contribution in [0.5, 0.6) is 0 Å². The van der Waals surface area contributed by atoms with Gasteiger partial charge in [-0.1, -0.05) is 46.8 Å². The van der Waals surface area contributed by atoms with Gasteiger partial charge in [-0.2, -0.15) is 5.26 Å². The molecule has 0 atom stereocenters. The SMILES string of the molecule is CC.CC.CNCc1ccc(N2CCC(C)CC2)c(-c2ccc(C#N)c(F)c2)c1. The minimum atomic E-state index is -0.461. The molecule has 0 radical (unpaired) electrons. The van der Waals surface area contributed by atoms with Crippen LogP contribution in [-0.4, -0.2) is 20.1 Å². The highest BCUT2D eigenvalue weighted by atomic mass is 19.1. The molecule has 0 bridgehead atoms. The van der Waals surface area contributed by atoms with E-state index in [1.807, 2.05) is 46.9 Å². The van der Waals surface area contributed by atoms with Crippen molar-refractivity contribution in [3.05, 3.63) is 53.3 Å². The molecule has 4 heteroatoms. The average molecular weight is 398 g/mol. The van der Waals surface area contributed by atoms with Gasteiger partial charge in [-0.3, -0.25) is 0 Å². The first-order valence-electron chi connectivity index (χ1n) is 10.8. The Morgan fingerprint density at radius 1 is 1.07 bits per heavy atom. The van der Waals surface area contributed by atoms with E-state index in [9.17, 15) is 4.39 Å². The lowest BCUT2D eigenvalue weighted by molar-refractivity contribution is 0.438. The van der Waals surface area contributed by atoms with Crippen LogP contribution in [0.1, 0.15) is 58.6 Å². The number of anilines is 1. The average Bonchev–Trinajstić information content (AvgIpc) is 2.77. The number of piperidine rings is 1. The molecule has 158 valence electrons. The molecule has 0 unspecified atom stereocenters. The molecule has 0 saturated carbocycles. The highest BCUT2D eigenvalue weighted by Crippen LogP contribution is 2.35. The molecule has 29 heavy (non-hydrogen) atoms. The number of rotatable bonds is 4. The van der Waals surface area contributed by atoms with E-state index in [-0.39, 0.29) is 5.56 Å². The van der Waals surface area contributed by atoms with Gasteiger partial charge in [0.15, 0.2) is 0 Å². The summed E-state index contributed by atoms with van der Waals surface area (Å²) in [4.78, 5) is 2.40. The third-order valence-corrected chi connectivity index (χ3v) is 4.97. The van der Waals surface area contributed by atoms with Gasteiger partial charge < -0.3 is 10.2 Å². The van der Waals surface area contributed by atoms with E-state index in [2.05, 4.69) is 35.3 Å². The fourth-order valence-corrected chi connectivity index (χ4v) is 3.43. The van der Waals surface area contributed by atoms with Crippen LogP contribution in [0.3, 0.4) is 0 Å². The van der Waals surface area contributed by atoms with Crippen LogP contribution in [0.2, 0.25) is 0 Å². The van der Waals surface area contributed by atoms with Crippen LogP contribution in [0.25, 0.3) is 11.1 Å². The zero-order chi connectivity index (χ0) is 21.8. The lowest BCUT2D eigenvalue weighted by Crippen LogP contribution is -2.33. The van der Waals surface area contributed by atoms with Crippen molar-refractivity contribution in [1.82, 2.24) is 5.32 Å². The molecule has 3 rings (SSSR count). The smallest absolute Gasteiger partial charge is 0.141 e. The predicted molar refractivity (Wildman–Crippen MR) is 123 cm³/mol. The van der Waals surface area contributed by atoms with E-state index < -0.39 is 5.82 Å². The number of hydrogen-bond acceptors (Lipinski definition) is 3. The number of benzene rings is 2. The van der Waals surface area contributed by atoms with Gasteiger partial charge in [-0.25, -0.2) is 4.39 Å². The molecule has 1 aliphatic rings. The van der Waals surface area contributed by atoms with Gasteiger partial charge in [0.05, 0.1) is 5.56 Å². The molecule has 0 spiro atoms. The summed E-state index contributed by atoms with van der Waals surface area (Å²) in [6, 6.07) is 13.2. The quantitative estimate of drug-likeness (QED) is 0.651. The van der Waals surface area contributed by atoms with Gasteiger partial charge >= 0.3 is 0 Å². The molecule has 1 saturated heterocycles. The Morgan fingerprint density at radius 3 is 2.28 bits per heavy atom. The van der Waals surface area contributed by atoms with Crippen molar-refractivity contribution in [2.75, 3.05) is 25.0 Å². The predicted octanol–water partition coefficient (Wildman–Crippen LogP) is 6.37. The lowest BCUT2D eigenvalue weighted by atomic mass is 9.95. The number of nitrogens with one attached hydrogen (secondary N) is 1. The number of nitriles is 1. The van der Waals surface area contributed by atoms with E-state index in [4.69, 9.17) is 5.26 Å². The summed E-state index contributed by atoms with van der Waals surface area (Å²) >= 11 is 0. The van der Waals surface area contributed by atoms with Crippen LogP contribution in [0.15, 0.2) is 36.4 Å². The van der Waals surface area contributed by atoms with E-state index in [1.54, 1.807) is 6.07 Å². The third-order valence-electron chi connectivity index (χ3n) is 4.97. The zero-order valence-electron chi connectivity index (χ0n) is 18.8. The molecule has 1 N–H and O–H groups in total. The largest absolute Gasteiger partial charge is 0.371 e. The van der Waals surface area contributed by atoms with Crippen molar-refractivity contribution < 1.29 is 4.39 Å². The second-order valence-corrected chi connectivity index (χ2v) is 6.86. The van der Waals surface area contributed by atoms with E-state index in [0.717, 1.165) is 47.9 Å². The molecule has 0 aliphatic carbocycles. The molecule has 3 nitrogen and oxygen atoms in total. The van der Waals surface area contributed by atoms with Crippen molar-refractivity contribution in [2.45, 2.75) is 54.0 Å². The molecule has 1 aliphatic heterocycles. The van der Waals surface area contributed by atoms with Gasteiger partial charge in [-0.05, 0) is 61.2 Å². The first-order chi connectivity index (χ1) is 14.1. The zero-order valence-corrected chi connectivity index (χ0v) is 18.8. The van der Waals surface area contributed by atoms with Crippen LogP contribution in [0.4, 0.5) is 10.1 Å². The summed E-state index contributed by atoms with van der Waals surface area (Å²) in [5.74, 6) is 0.299. The second-order valence-electron chi connectivity index (χ2n) is 6.86. The van der Waals surface area contributed by atoms with Gasteiger partial charge in [0.2, 0.25) is 0 Å². The molecule has 0 amide bonds.